The highest BCUT2D eigenvalue weighted by atomic mass is 32.2. The van der Waals surface area contributed by atoms with Crippen LogP contribution in [0, 0.1) is 0 Å². The van der Waals surface area contributed by atoms with Gasteiger partial charge in [-0.05, 0) is 35.8 Å². The van der Waals surface area contributed by atoms with Crippen LogP contribution < -0.4 is 5.32 Å². The highest BCUT2D eigenvalue weighted by Crippen LogP contribution is 2.28. The fourth-order valence-electron chi connectivity index (χ4n) is 2.25. The number of hydrogen-bond acceptors (Lipinski definition) is 6. The SMILES string of the molecule is OC1(CNCc2csc(-c3cccs3)n2)CCSCC1. The van der Waals surface area contributed by atoms with E-state index < -0.39 is 5.60 Å². The molecule has 1 aliphatic rings. The Balaban J connectivity index is 1.51. The molecule has 2 aromatic heterocycles. The number of thioether (sulfide) groups is 1. The van der Waals surface area contributed by atoms with Crippen LogP contribution in [0.3, 0.4) is 0 Å². The molecule has 3 heterocycles. The first kappa shape index (κ1) is 14.5. The van der Waals surface area contributed by atoms with Crippen molar-refractivity contribution < 1.29 is 5.11 Å². The molecule has 20 heavy (non-hydrogen) atoms. The second kappa shape index (κ2) is 6.58. The van der Waals surface area contributed by atoms with Gasteiger partial charge in [0.25, 0.3) is 0 Å². The lowest BCUT2D eigenvalue weighted by atomic mass is 9.97. The lowest BCUT2D eigenvalue weighted by Gasteiger charge is -2.31. The third kappa shape index (κ3) is 3.62. The predicted molar refractivity (Wildman–Crippen MR) is 88.6 cm³/mol. The molecule has 6 heteroatoms. The average molecular weight is 327 g/mol. The Morgan fingerprint density at radius 1 is 1.30 bits per heavy atom. The maximum Gasteiger partial charge on any atom is 0.133 e. The van der Waals surface area contributed by atoms with Crippen molar-refractivity contribution in [3.63, 3.8) is 0 Å². The van der Waals surface area contributed by atoms with E-state index in [4.69, 9.17) is 0 Å². The molecule has 0 aliphatic carbocycles. The predicted octanol–water partition coefficient (Wildman–Crippen LogP) is 3.22. The van der Waals surface area contributed by atoms with Gasteiger partial charge in [0.05, 0.1) is 16.2 Å². The van der Waals surface area contributed by atoms with Crippen LogP contribution in [0.25, 0.3) is 9.88 Å². The zero-order valence-electron chi connectivity index (χ0n) is 11.2. The zero-order valence-corrected chi connectivity index (χ0v) is 13.6. The van der Waals surface area contributed by atoms with E-state index >= 15 is 0 Å². The van der Waals surface area contributed by atoms with Gasteiger partial charge in [-0.25, -0.2) is 4.98 Å². The Morgan fingerprint density at radius 3 is 2.90 bits per heavy atom. The molecule has 0 amide bonds. The number of nitrogens with one attached hydrogen (secondary N) is 1. The summed E-state index contributed by atoms with van der Waals surface area (Å²) < 4.78 is 0. The van der Waals surface area contributed by atoms with Gasteiger partial charge in [-0.1, -0.05) is 6.07 Å². The summed E-state index contributed by atoms with van der Waals surface area (Å²) in [5.41, 5.74) is 0.546. The summed E-state index contributed by atoms with van der Waals surface area (Å²) >= 11 is 5.34. The second-order valence-electron chi connectivity index (χ2n) is 5.06. The van der Waals surface area contributed by atoms with Crippen molar-refractivity contribution in [2.75, 3.05) is 18.1 Å². The van der Waals surface area contributed by atoms with Gasteiger partial charge in [0, 0.05) is 18.5 Å². The van der Waals surface area contributed by atoms with E-state index in [0.717, 1.165) is 41.6 Å². The minimum absolute atomic E-state index is 0.516. The monoisotopic (exact) mass is 326 g/mol. The van der Waals surface area contributed by atoms with E-state index in [2.05, 4.69) is 33.2 Å². The van der Waals surface area contributed by atoms with Crippen LogP contribution in [0.2, 0.25) is 0 Å². The number of hydrogen-bond donors (Lipinski definition) is 2. The third-order valence-corrected chi connectivity index (χ3v) is 6.38. The largest absolute Gasteiger partial charge is 0.389 e. The fourth-order valence-corrected chi connectivity index (χ4v) is 5.14. The van der Waals surface area contributed by atoms with Gasteiger partial charge < -0.3 is 10.4 Å². The van der Waals surface area contributed by atoms with E-state index in [1.165, 1.54) is 4.88 Å². The van der Waals surface area contributed by atoms with Gasteiger partial charge in [0.15, 0.2) is 0 Å². The van der Waals surface area contributed by atoms with Gasteiger partial charge in [-0.2, -0.15) is 11.8 Å². The van der Waals surface area contributed by atoms with E-state index in [-0.39, 0.29) is 0 Å². The molecule has 2 aromatic rings. The summed E-state index contributed by atoms with van der Waals surface area (Å²) in [4.78, 5) is 5.86. The minimum atomic E-state index is -0.516. The number of thiophene rings is 1. The van der Waals surface area contributed by atoms with Crippen molar-refractivity contribution in [1.29, 1.82) is 0 Å². The molecule has 1 fully saturated rings. The standard InChI is InChI=1S/C14H18N2OS3/c17-14(3-6-18-7-4-14)10-15-8-11-9-20-13(16-11)12-2-1-5-19-12/h1-2,5,9,15,17H,3-4,6-8,10H2. The van der Waals surface area contributed by atoms with Crippen LogP contribution in [0.5, 0.6) is 0 Å². The summed E-state index contributed by atoms with van der Waals surface area (Å²) in [5, 5.41) is 19.0. The summed E-state index contributed by atoms with van der Waals surface area (Å²) in [6.07, 6.45) is 1.78. The molecule has 1 aliphatic heterocycles. The molecule has 0 unspecified atom stereocenters. The number of aromatic nitrogens is 1. The van der Waals surface area contributed by atoms with Crippen LogP contribution in [-0.2, 0) is 6.54 Å². The lowest BCUT2D eigenvalue weighted by Crippen LogP contribution is -2.43. The number of thiazole rings is 1. The number of rotatable bonds is 5. The summed E-state index contributed by atoms with van der Waals surface area (Å²) in [6.45, 7) is 1.40. The Labute approximate surface area is 131 Å². The lowest BCUT2D eigenvalue weighted by molar-refractivity contribution is 0.0319. The first-order chi connectivity index (χ1) is 9.75. The maximum atomic E-state index is 10.4. The van der Waals surface area contributed by atoms with Crippen molar-refractivity contribution in [1.82, 2.24) is 10.3 Å². The van der Waals surface area contributed by atoms with E-state index in [0.29, 0.717) is 6.54 Å². The molecule has 0 aromatic carbocycles. The quantitative estimate of drug-likeness (QED) is 0.885. The molecule has 1 saturated heterocycles. The van der Waals surface area contributed by atoms with Gasteiger partial charge in [-0.3, -0.25) is 0 Å². The number of nitrogens with zero attached hydrogens (tertiary/aromatic N) is 1. The first-order valence-corrected chi connectivity index (χ1v) is 9.66. The normalized spacial score (nSPS) is 18.2. The van der Waals surface area contributed by atoms with Crippen LogP contribution in [0.4, 0.5) is 0 Å². The molecular weight excluding hydrogens is 308 g/mol. The highest BCUT2D eigenvalue weighted by molar-refractivity contribution is 7.99. The van der Waals surface area contributed by atoms with Crippen molar-refractivity contribution in [3.05, 3.63) is 28.6 Å². The van der Waals surface area contributed by atoms with Gasteiger partial charge >= 0.3 is 0 Å². The molecule has 0 spiro atoms. The average Bonchev–Trinajstić information content (AvgIpc) is 3.09. The molecule has 0 radical (unpaired) electrons. The topological polar surface area (TPSA) is 45.1 Å². The van der Waals surface area contributed by atoms with E-state index in [1.807, 2.05) is 11.8 Å². The van der Waals surface area contributed by atoms with Gasteiger partial charge in [-0.15, -0.1) is 22.7 Å². The minimum Gasteiger partial charge on any atom is -0.389 e. The van der Waals surface area contributed by atoms with Crippen LogP contribution in [0.1, 0.15) is 18.5 Å². The Morgan fingerprint density at radius 2 is 2.15 bits per heavy atom. The molecule has 0 bridgehead atoms. The summed E-state index contributed by atoms with van der Waals surface area (Å²) in [5.74, 6) is 2.13. The van der Waals surface area contributed by atoms with E-state index in [9.17, 15) is 5.11 Å². The third-order valence-electron chi connectivity index (χ3n) is 3.47. The highest BCUT2D eigenvalue weighted by Gasteiger charge is 2.28. The molecule has 3 rings (SSSR count). The van der Waals surface area contributed by atoms with Crippen LogP contribution >= 0.6 is 34.4 Å². The Hall–Kier alpha value is -0.400. The molecule has 0 saturated carbocycles. The molecular formula is C14H18N2OS3. The fraction of sp³-hybridized carbons (Fsp3) is 0.500. The van der Waals surface area contributed by atoms with Gasteiger partial charge in [0.2, 0.25) is 0 Å². The van der Waals surface area contributed by atoms with E-state index in [1.54, 1.807) is 22.7 Å². The molecule has 0 atom stereocenters. The first-order valence-electron chi connectivity index (χ1n) is 6.74. The van der Waals surface area contributed by atoms with Crippen molar-refractivity contribution in [3.8, 4) is 9.88 Å². The number of aliphatic hydroxyl groups is 1. The van der Waals surface area contributed by atoms with Crippen LogP contribution in [0.15, 0.2) is 22.9 Å². The Bertz CT molecular complexity index is 532. The van der Waals surface area contributed by atoms with Gasteiger partial charge in [0.1, 0.15) is 5.01 Å². The molecule has 108 valence electrons. The van der Waals surface area contributed by atoms with Crippen molar-refractivity contribution in [2.45, 2.75) is 25.0 Å². The Kier molecular flexibility index (Phi) is 4.78. The second-order valence-corrected chi connectivity index (χ2v) is 8.09. The molecule has 3 nitrogen and oxygen atoms in total. The van der Waals surface area contributed by atoms with Crippen molar-refractivity contribution in [2.24, 2.45) is 0 Å². The summed E-state index contributed by atoms with van der Waals surface area (Å²) in [7, 11) is 0. The van der Waals surface area contributed by atoms with Crippen molar-refractivity contribution >= 4 is 34.4 Å². The smallest absolute Gasteiger partial charge is 0.133 e. The van der Waals surface area contributed by atoms with Crippen LogP contribution in [-0.4, -0.2) is 33.7 Å². The molecule has 2 N–H and O–H groups in total. The zero-order chi connectivity index (χ0) is 13.8. The maximum absolute atomic E-state index is 10.4. The summed E-state index contributed by atoms with van der Waals surface area (Å²) in [6, 6.07) is 4.15.